The number of anilines is 1. The monoisotopic (exact) mass is 478 g/mol. The predicted molar refractivity (Wildman–Crippen MR) is 128 cm³/mol. The second-order valence-electron chi connectivity index (χ2n) is 6.94. The fraction of sp³-hybridized carbons (Fsp3) is 0. The molecule has 0 atom stereocenters. The maximum Gasteiger partial charge on any atom is 0.261 e. The van der Waals surface area contributed by atoms with Crippen LogP contribution < -0.4 is 4.72 Å². The van der Waals surface area contributed by atoms with Crippen molar-refractivity contribution in [3.05, 3.63) is 89.9 Å². The Morgan fingerprint density at radius 2 is 1.62 bits per heavy atom. The lowest BCUT2D eigenvalue weighted by atomic mass is 10.0. The van der Waals surface area contributed by atoms with Gasteiger partial charge in [-0.2, -0.15) is 0 Å². The van der Waals surface area contributed by atoms with E-state index in [1.54, 1.807) is 42.9 Å². The summed E-state index contributed by atoms with van der Waals surface area (Å²) in [6, 6.07) is 15.7. The van der Waals surface area contributed by atoms with Crippen molar-refractivity contribution in [1.29, 1.82) is 0 Å². The minimum atomic E-state index is -3.80. The Balaban J connectivity index is 1.56. The summed E-state index contributed by atoms with van der Waals surface area (Å²) in [5.74, 6) is 0. The van der Waals surface area contributed by atoms with Crippen LogP contribution in [-0.2, 0) is 10.0 Å². The summed E-state index contributed by atoms with van der Waals surface area (Å²) >= 11 is 7.73. The van der Waals surface area contributed by atoms with Gasteiger partial charge in [0.05, 0.1) is 10.6 Å². The topological polar surface area (TPSA) is 84.8 Å². The van der Waals surface area contributed by atoms with Crippen LogP contribution in [0.2, 0.25) is 5.15 Å². The van der Waals surface area contributed by atoms with Crippen molar-refractivity contribution in [3.8, 4) is 22.3 Å². The van der Waals surface area contributed by atoms with Gasteiger partial charge >= 0.3 is 0 Å². The molecule has 5 aromatic rings. The molecule has 0 saturated carbocycles. The molecule has 32 heavy (non-hydrogen) atoms. The van der Waals surface area contributed by atoms with Gasteiger partial charge in [-0.15, -0.1) is 11.3 Å². The molecule has 0 saturated heterocycles. The molecule has 0 fully saturated rings. The Hall–Kier alpha value is -3.33. The minimum absolute atomic E-state index is 0.0726. The molecule has 0 bridgehead atoms. The molecule has 0 aliphatic rings. The molecular weight excluding hydrogens is 464 g/mol. The van der Waals surface area contributed by atoms with Gasteiger partial charge in [-0.1, -0.05) is 29.8 Å². The van der Waals surface area contributed by atoms with E-state index in [2.05, 4.69) is 25.7 Å². The number of nitrogens with one attached hydrogen (secondary N) is 1. The van der Waals surface area contributed by atoms with E-state index in [-0.39, 0.29) is 15.7 Å². The molecule has 0 aliphatic heterocycles. The Labute approximate surface area is 193 Å². The van der Waals surface area contributed by atoms with E-state index in [4.69, 9.17) is 11.6 Å². The first-order valence-corrected chi connectivity index (χ1v) is 12.3. The lowest BCUT2D eigenvalue weighted by molar-refractivity contribution is 0.601. The fourth-order valence-electron chi connectivity index (χ4n) is 3.31. The quantitative estimate of drug-likeness (QED) is 0.319. The molecule has 9 heteroatoms. The lowest BCUT2D eigenvalue weighted by Gasteiger charge is -2.11. The number of benzene rings is 1. The predicted octanol–water partition coefficient (Wildman–Crippen LogP) is 5.87. The molecule has 0 aliphatic carbocycles. The fourth-order valence-corrected chi connectivity index (χ4v) is 5.50. The number of rotatable bonds is 5. The average Bonchev–Trinajstić information content (AvgIpc) is 3.25. The number of sulfonamides is 1. The van der Waals surface area contributed by atoms with Crippen molar-refractivity contribution in [1.82, 2.24) is 15.0 Å². The second-order valence-corrected chi connectivity index (χ2v) is 9.84. The van der Waals surface area contributed by atoms with Crippen LogP contribution in [0.4, 0.5) is 5.69 Å². The van der Waals surface area contributed by atoms with Gasteiger partial charge in [-0.05, 0) is 42.0 Å². The van der Waals surface area contributed by atoms with Crippen molar-refractivity contribution in [2.45, 2.75) is 4.90 Å². The summed E-state index contributed by atoms with van der Waals surface area (Å²) in [6.45, 7) is 0. The highest BCUT2D eigenvalue weighted by molar-refractivity contribution is 7.92. The van der Waals surface area contributed by atoms with Gasteiger partial charge < -0.3 is 0 Å². The van der Waals surface area contributed by atoms with Crippen LogP contribution in [0.1, 0.15) is 0 Å². The highest BCUT2D eigenvalue weighted by atomic mass is 35.5. The molecule has 5 rings (SSSR count). The van der Waals surface area contributed by atoms with Crippen LogP contribution >= 0.6 is 22.9 Å². The van der Waals surface area contributed by atoms with Crippen molar-refractivity contribution in [3.63, 3.8) is 0 Å². The number of thiophene rings is 1. The van der Waals surface area contributed by atoms with Gasteiger partial charge in [0.25, 0.3) is 10.0 Å². The number of hydrogen-bond acceptors (Lipinski definition) is 6. The van der Waals surface area contributed by atoms with Crippen molar-refractivity contribution >= 4 is 48.9 Å². The van der Waals surface area contributed by atoms with Gasteiger partial charge in [-0.25, -0.2) is 18.4 Å². The molecular formula is C23H15ClN4O2S2. The second kappa shape index (κ2) is 8.31. The third kappa shape index (κ3) is 3.95. The molecule has 0 radical (unpaired) electrons. The van der Waals surface area contributed by atoms with Crippen LogP contribution in [-0.4, -0.2) is 23.4 Å². The maximum absolute atomic E-state index is 12.8. The van der Waals surface area contributed by atoms with Gasteiger partial charge in [0.1, 0.15) is 4.83 Å². The number of hydrogen-bond donors (Lipinski definition) is 1. The highest BCUT2D eigenvalue weighted by Gasteiger charge is 2.18. The van der Waals surface area contributed by atoms with E-state index in [9.17, 15) is 8.42 Å². The van der Waals surface area contributed by atoms with E-state index in [1.165, 1.54) is 23.5 Å². The first kappa shape index (κ1) is 20.6. The first-order chi connectivity index (χ1) is 15.5. The highest BCUT2D eigenvalue weighted by Crippen LogP contribution is 2.37. The van der Waals surface area contributed by atoms with Gasteiger partial charge in [0, 0.05) is 52.2 Å². The van der Waals surface area contributed by atoms with Crippen molar-refractivity contribution in [2.24, 2.45) is 0 Å². The van der Waals surface area contributed by atoms with E-state index in [1.807, 2.05) is 23.7 Å². The molecule has 1 aromatic carbocycles. The Kier molecular flexibility index (Phi) is 5.34. The summed E-state index contributed by atoms with van der Waals surface area (Å²) in [5, 5.41) is 3.00. The third-order valence-corrected chi connectivity index (χ3v) is 7.48. The largest absolute Gasteiger partial charge is 0.276 e. The zero-order valence-electron chi connectivity index (χ0n) is 16.4. The average molecular weight is 479 g/mol. The van der Waals surface area contributed by atoms with Crippen molar-refractivity contribution in [2.75, 3.05) is 4.72 Å². The normalized spacial score (nSPS) is 11.5. The third-order valence-electron chi connectivity index (χ3n) is 4.89. The molecule has 1 N–H and O–H groups in total. The Morgan fingerprint density at radius 1 is 0.875 bits per heavy atom. The van der Waals surface area contributed by atoms with Crippen LogP contribution in [0.3, 0.4) is 0 Å². The van der Waals surface area contributed by atoms with E-state index in [0.717, 1.165) is 32.5 Å². The summed E-state index contributed by atoms with van der Waals surface area (Å²) in [5.41, 5.74) is 3.83. The standard InChI is InChI=1S/C23H15ClN4O2S2/c24-22-21(28-32(29,30)18-4-2-1-3-5-18)11-17(13-26-22)20-14-31-23-19(20)10-16(12-27-23)15-6-8-25-9-7-15/h1-14,28H. The zero-order valence-corrected chi connectivity index (χ0v) is 18.8. The molecule has 0 unspecified atom stereocenters. The van der Waals surface area contributed by atoms with Crippen LogP contribution in [0.15, 0.2) is 89.7 Å². The number of halogens is 1. The molecule has 6 nitrogen and oxygen atoms in total. The van der Waals surface area contributed by atoms with E-state index in [0.29, 0.717) is 0 Å². The Bertz CT molecular complexity index is 1520. The number of aromatic nitrogens is 3. The number of pyridine rings is 3. The number of nitrogens with zero attached hydrogens (tertiary/aromatic N) is 3. The van der Waals surface area contributed by atoms with E-state index >= 15 is 0 Å². The summed E-state index contributed by atoms with van der Waals surface area (Å²) in [4.78, 5) is 13.9. The van der Waals surface area contributed by atoms with Gasteiger partial charge in [0.2, 0.25) is 0 Å². The molecule has 0 amide bonds. The minimum Gasteiger partial charge on any atom is -0.276 e. The van der Waals surface area contributed by atoms with Crippen LogP contribution in [0.25, 0.3) is 32.5 Å². The van der Waals surface area contributed by atoms with Gasteiger partial charge in [0.15, 0.2) is 5.15 Å². The summed E-state index contributed by atoms with van der Waals surface area (Å²) in [6.07, 6.45) is 6.94. The molecule has 4 heterocycles. The SMILES string of the molecule is O=S(=O)(Nc1cc(-c2csc3ncc(-c4ccncc4)cc23)cnc1Cl)c1ccccc1. The smallest absolute Gasteiger partial charge is 0.261 e. The van der Waals surface area contributed by atoms with Crippen LogP contribution in [0, 0.1) is 0 Å². The molecule has 158 valence electrons. The number of fused-ring (bicyclic) bond motifs is 1. The van der Waals surface area contributed by atoms with E-state index < -0.39 is 10.0 Å². The molecule has 4 aromatic heterocycles. The Morgan fingerprint density at radius 3 is 2.41 bits per heavy atom. The zero-order chi connectivity index (χ0) is 22.1. The first-order valence-electron chi connectivity index (χ1n) is 9.53. The summed E-state index contributed by atoms with van der Waals surface area (Å²) in [7, 11) is -3.80. The lowest BCUT2D eigenvalue weighted by Crippen LogP contribution is -2.13. The van der Waals surface area contributed by atoms with Crippen molar-refractivity contribution < 1.29 is 8.42 Å². The molecule has 0 spiro atoms. The summed E-state index contributed by atoms with van der Waals surface area (Å²) < 4.78 is 28.1. The van der Waals surface area contributed by atoms with Gasteiger partial charge in [-0.3, -0.25) is 9.71 Å². The maximum atomic E-state index is 12.8. The van der Waals surface area contributed by atoms with Crippen LogP contribution in [0.5, 0.6) is 0 Å².